The lowest BCUT2D eigenvalue weighted by atomic mass is 10.1. The molecule has 2 heterocycles. The van der Waals surface area contributed by atoms with Crippen molar-refractivity contribution in [3.63, 3.8) is 0 Å². The monoisotopic (exact) mass is 355 g/mol. The van der Waals surface area contributed by atoms with E-state index in [0.29, 0.717) is 31.1 Å². The Kier molecular flexibility index (Phi) is 5.21. The molecular formula is C20H22FN3O2. The van der Waals surface area contributed by atoms with E-state index in [0.717, 1.165) is 11.3 Å². The molecule has 0 N–H and O–H groups in total. The summed E-state index contributed by atoms with van der Waals surface area (Å²) in [5.74, 6) is 0.0622. The van der Waals surface area contributed by atoms with Gasteiger partial charge in [-0.25, -0.2) is 4.39 Å². The fourth-order valence-electron chi connectivity index (χ4n) is 2.98. The van der Waals surface area contributed by atoms with Gasteiger partial charge in [-0.15, -0.1) is 5.10 Å². The summed E-state index contributed by atoms with van der Waals surface area (Å²) in [5.41, 5.74) is 2.37. The molecule has 1 aliphatic rings. The Morgan fingerprint density at radius 3 is 2.81 bits per heavy atom. The Bertz CT molecular complexity index is 839. The smallest absolute Gasteiger partial charge is 0.254 e. The van der Waals surface area contributed by atoms with Crippen molar-refractivity contribution in [1.82, 2.24) is 14.7 Å². The van der Waals surface area contributed by atoms with Gasteiger partial charge >= 0.3 is 0 Å². The molecule has 0 aliphatic carbocycles. The minimum Gasteiger partial charge on any atom is -0.472 e. The lowest BCUT2D eigenvalue weighted by Crippen LogP contribution is -2.40. The van der Waals surface area contributed by atoms with Crippen LogP contribution in [-0.2, 0) is 6.54 Å². The van der Waals surface area contributed by atoms with Gasteiger partial charge < -0.3 is 9.64 Å². The van der Waals surface area contributed by atoms with Crippen molar-refractivity contribution >= 4 is 5.91 Å². The van der Waals surface area contributed by atoms with Crippen LogP contribution < -0.4 is 4.74 Å². The number of ether oxygens (including phenoxy) is 1. The van der Waals surface area contributed by atoms with Gasteiger partial charge in [-0.3, -0.25) is 9.48 Å². The molecule has 26 heavy (non-hydrogen) atoms. The number of halogens is 1. The summed E-state index contributed by atoms with van der Waals surface area (Å²) in [4.78, 5) is 14.4. The van der Waals surface area contributed by atoms with Crippen LogP contribution in [0.2, 0.25) is 0 Å². The second-order valence-electron chi connectivity index (χ2n) is 6.32. The Morgan fingerprint density at radius 1 is 1.42 bits per heavy atom. The van der Waals surface area contributed by atoms with Crippen LogP contribution in [0, 0.1) is 5.82 Å². The average molecular weight is 355 g/mol. The predicted molar refractivity (Wildman–Crippen MR) is 97.5 cm³/mol. The molecule has 0 fully saturated rings. The van der Waals surface area contributed by atoms with Crippen molar-refractivity contribution in [2.75, 3.05) is 13.2 Å². The van der Waals surface area contributed by atoms with Crippen LogP contribution >= 0.6 is 0 Å². The zero-order valence-electron chi connectivity index (χ0n) is 15.0. The third-order valence-electron chi connectivity index (χ3n) is 4.44. The third kappa shape index (κ3) is 3.69. The lowest BCUT2D eigenvalue weighted by Gasteiger charge is -2.32. The van der Waals surface area contributed by atoms with Crippen LogP contribution in [0.5, 0.6) is 5.88 Å². The van der Waals surface area contributed by atoms with E-state index in [9.17, 15) is 9.18 Å². The first-order chi connectivity index (χ1) is 12.5. The van der Waals surface area contributed by atoms with Crippen LogP contribution in [0.15, 0.2) is 54.6 Å². The number of carbonyl (C=O) groups excluding carboxylic acids is 1. The van der Waals surface area contributed by atoms with Crippen molar-refractivity contribution in [3.05, 3.63) is 71.7 Å². The van der Waals surface area contributed by atoms with E-state index in [4.69, 9.17) is 4.74 Å². The fourth-order valence-corrected chi connectivity index (χ4v) is 2.98. The normalized spacial score (nSPS) is 17.0. The molecule has 136 valence electrons. The zero-order chi connectivity index (χ0) is 18.7. The summed E-state index contributed by atoms with van der Waals surface area (Å²) in [6.45, 7) is 9.06. The molecule has 0 saturated heterocycles. The molecule has 1 aromatic heterocycles. The number of carbonyl (C=O) groups is 1. The van der Waals surface area contributed by atoms with Gasteiger partial charge in [-0.1, -0.05) is 18.7 Å². The second kappa shape index (κ2) is 7.56. The van der Waals surface area contributed by atoms with Crippen molar-refractivity contribution in [3.8, 4) is 5.88 Å². The topological polar surface area (TPSA) is 47.4 Å². The van der Waals surface area contributed by atoms with Crippen molar-refractivity contribution in [2.45, 2.75) is 26.4 Å². The van der Waals surface area contributed by atoms with Crippen molar-refractivity contribution in [2.24, 2.45) is 0 Å². The Morgan fingerprint density at radius 2 is 2.15 bits per heavy atom. The van der Waals surface area contributed by atoms with Crippen LogP contribution in [0.3, 0.4) is 0 Å². The van der Waals surface area contributed by atoms with Gasteiger partial charge in [-0.2, -0.15) is 0 Å². The number of aromatic nitrogens is 2. The highest BCUT2D eigenvalue weighted by Crippen LogP contribution is 2.25. The van der Waals surface area contributed by atoms with Crippen LogP contribution in [0.25, 0.3) is 0 Å². The van der Waals surface area contributed by atoms with Gasteiger partial charge in [0.15, 0.2) is 0 Å². The Balaban J connectivity index is 1.74. The van der Waals surface area contributed by atoms with Crippen molar-refractivity contribution in [1.29, 1.82) is 0 Å². The number of benzene rings is 1. The van der Waals surface area contributed by atoms with Gasteiger partial charge in [-0.05, 0) is 43.7 Å². The van der Waals surface area contributed by atoms with Crippen LogP contribution in [0.4, 0.5) is 4.39 Å². The third-order valence-corrected chi connectivity index (χ3v) is 4.44. The molecule has 1 unspecified atom stereocenters. The SMILES string of the molecule is C=C/C(=C\C)COc1cc2n(n1)C(C)CN(C(=O)c1ccc(F)cc1)C2. The number of rotatable bonds is 5. The first kappa shape index (κ1) is 17.9. The highest BCUT2D eigenvalue weighted by molar-refractivity contribution is 5.94. The maximum Gasteiger partial charge on any atom is 0.254 e. The number of hydrogen-bond donors (Lipinski definition) is 0. The molecule has 0 spiro atoms. The summed E-state index contributed by atoms with van der Waals surface area (Å²) in [5, 5.41) is 4.50. The first-order valence-corrected chi connectivity index (χ1v) is 8.55. The lowest BCUT2D eigenvalue weighted by molar-refractivity contribution is 0.0677. The molecule has 3 rings (SSSR count). The van der Waals surface area contributed by atoms with Crippen LogP contribution in [-0.4, -0.2) is 33.7 Å². The molecule has 1 aliphatic heterocycles. The maximum atomic E-state index is 13.1. The number of nitrogens with zero attached hydrogens (tertiary/aromatic N) is 3. The fraction of sp³-hybridized carbons (Fsp3) is 0.300. The van der Waals surface area contributed by atoms with Crippen molar-refractivity contribution < 1.29 is 13.9 Å². The van der Waals surface area contributed by atoms with E-state index >= 15 is 0 Å². The van der Waals surface area contributed by atoms with E-state index in [1.807, 2.05) is 30.7 Å². The molecule has 0 saturated carbocycles. The van der Waals surface area contributed by atoms with E-state index < -0.39 is 0 Å². The first-order valence-electron chi connectivity index (χ1n) is 8.55. The second-order valence-corrected chi connectivity index (χ2v) is 6.32. The molecule has 1 amide bonds. The van der Waals surface area contributed by atoms with Gasteiger partial charge in [0.05, 0.1) is 18.3 Å². The summed E-state index contributed by atoms with van der Waals surface area (Å²) in [6, 6.07) is 7.51. The number of allylic oxidation sites excluding steroid dienone is 1. The zero-order valence-corrected chi connectivity index (χ0v) is 15.0. The highest BCUT2D eigenvalue weighted by Gasteiger charge is 2.28. The number of hydrogen-bond acceptors (Lipinski definition) is 3. The quantitative estimate of drug-likeness (QED) is 0.768. The highest BCUT2D eigenvalue weighted by atomic mass is 19.1. The Hall–Kier alpha value is -2.89. The van der Waals surface area contributed by atoms with Gasteiger partial charge in [0.1, 0.15) is 12.4 Å². The maximum absolute atomic E-state index is 13.1. The number of fused-ring (bicyclic) bond motifs is 1. The van der Waals surface area contributed by atoms with E-state index in [2.05, 4.69) is 11.7 Å². The molecule has 2 aromatic rings. The van der Waals surface area contributed by atoms with E-state index in [1.165, 1.54) is 24.3 Å². The average Bonchev–Trinajstić information content (AvgIpc) is 3.06. The molecule has 0 radical (unpaired) electrons. The van der Waals surface area contributed by atoms with E-state index in [-0.39, 0.29) is 17.8 Å². The molecule has 6 heteroatoms. The van der Waals surface area contributed by atoms with Gasteiger partial charge in [0, 0.05) is 18.2 Å². The number of amides is 1. The predicted octanol–water partition coefficient (Wildman–Crippen LogP) is 3.75. The van der Waals surface area contributed by atoms with E-state index in [1.54, 1.807) is 11.0 Å². The molecule has 0 bridgehead atoms. The summed E-state index contributed by atoms with van der Waals surface area (Å²) >= 11 is 0. The van der Waals surface area contributed by atoms with Crippen LogP contribution in [0.1, 0.15) is 35.9 Å². The minimum absolute atomic E-state index is 0.0288. The molecule has 5 nitrogen and oxygen atoms in total. The largest absolute Gasteiger partial charge is 0.472 e. The summed E-state index contributed by atoms with van der Waals surface area (Å²) < 4.78 is 20.7. The molecular weight excluding hydrogens is 333 g/mol. The molecule has 1 atom stereocenters. The van der Waals surface area contributed by atoms with Gasteiger partial charge in [0.2, 0.25) is 5.88 Å². The summed E-state index contributed by atoms with van der Waals surface area (Å²) in [7, 11) is 0. The molecule has 1 aromatic carbocycles. The minimum atomic E-state index is -0.353. The Labute approximate surface area is 152 Å². The standard InChI is InChI=1S/C20H22FN3O2/c1-4-15(5-2)13-26-19-10-18-12-23(11-14(3)24(18)22-19)20(25)16-6-8-17(21)9-7-16/h4-10,14H,1,11-13H2,2-3H3/b15-5+. The van der Waals surface area contributed by atoms with Gasteiger partial charge in [0.25, 0.3) is 5.91 Å². The summed E-state index contributed by atoms with van der Waals surface area (Å²) in [6.07, 6.45) is 3.69.